The highest BCUT2D eigenvalue weighted by Crippen LogP contribution is 2.35. The van der Waals surface area contributed by atoms with Crippen LogP contribution < -0.4 is 20.5 Å². The molecule has 9 nitrogen and oxygen atoms in total. The second kappa shape index (κ2) is 11.8. The van der Waals surface area contributed by atoms with Crippen LogP contribution in [0.2, 0.25) is 0 Å². The fourth-order valence-corrected chi connectivity index (χ4v) is 6.10. The molecule has 5 aromatic rings. The molecule has 0 saturated carbocycles. The number of ketones is 1. The van der Waals surface area contributed by atoms with Crippen LogP contribution in [0.25, 0.3) is 21.8 Å². The molecule has 0 spiro atoms. The Hall–Kier alpha value is -5.13. The molecule has 0 bridgehead atoms. The molecule has 2 aromatic carbocycles. The molecule has 1 saturated heterocycles. The third-order valence-corrected chi connectivity index (χ3v) is 8.30. The van der Waals surface area contributed by atoms with Gasteiger partial charge in [-0.1, -0.05) is 48.5 Å². The second-order valence-corrected chi connectivity index (χ2v) is 11.0. The summed E-state index contributed by atoms with van der Waals surface area (Å²) >= 11 is 0. The van der Waals surface area contributed by atoms with Crippen molar-refractivity contribution in [3.63, 3.8) is 0 Å². The lowest BCUT2D eigenvalue weighted by molar-refractivity contribution is -0.141. The van der Waals surface area contributed by atoms with Crippen LogP contribution in [-0.4, -0.2) is 52.0 Å². The van der Waals surface area contributed by atoms with Gasteiger partial charge in [0.05, 0.1) is 24.7 Å². The number of piperidine rings is 1. The quantitative estimate of drug-likeness (QED) is 0.252. The van der Waals surface area contributed by atoms with Gasteiger partial charge in [0.2, 0.25) is 0 Å². The average Bonchev–Trinajstić information content (AvgIpc) is 3.35. The van der Waals surface area contributed by atoms with Crippen LogP contribution in [-0.2, 0) is 19.8 Å². The number of alkyl halides is 3. The molecule has 45 heavy (non-hydrogen) atoms. The number of hydrogen-bond acceptors (Lipinski definition) is 6. The van der Waals surface area contributed by atoms with Crippen LogP contribution in [0.3, 0.4) is 0 Å². The fourth-order valence-electron chi connectivity index (χ4n) is 6.10. The minimum Gasteiger partial charge on any atom is -0.493 e. The first-order valence-electron chi connectivity index (χ1n) is 14.4. The first kappa shape index (κ1) is 29.9. The lowest BCUT2D eigenvalue weighted by atomic mass is 10.0. The maximum Gasteiger partial charge on any atom is 0.433 e. The highest BCUT2D eigenvalue weighted by Gasteiger charge is 2.34. The number of ether oxygens (including phenoxy) is 1. The number of amides is 1. The Morgan fingerprint density at radius 1 is 1.02 bits per heavy atom. The number of anilines is 1. The Morgan fingerprint density at radius 3 is 2.40 bits per heavy atom. The number of carbonyl (C=O) groups excluding carboxylic acids is 2. The van der Waals surface area contributed by atoms with Crippen molar-refractivity contribution in [3.05, 3.63) is 100 Å². The zero-order chi connectivity index (χ0) is 31.9. The van der Waals surface area contributed by atoms with Gasteiger partial charge in [-0.05, 0) is 31.0 Å². The van der Waals surface area contributed by atoms with Gasteiger partial charge in [0.25, 0.3) is 11.5 Å². The summed E-state index contributed by atoms with van der Waals surface area (Å²) in [5.41, 5.74) is 0.711. The smallest absolute Gasteiger partial charge is 0.433 e. The van der Waals surface area contributed by atoms with Crippen molar-refractivity contribution in [2.75, 3.05) is 25.1 Å². The van der Waals surface area contributed by atoms with Crippen molar-refractivity contribution >= 4 is 39.2 Å². The summed E-state index contributed by atoms with van der Waals surface area (Å²) in [4.78, 5) is 46.2. The number of nitrogens with one attached hydrogen (secondary N) is 1. The van der Waals surface area contributed by atoms with Crippen LogP contribution in [0.5, 0.6) is 5.75 Å². The van der Waals surface area contributed by atoms with E-state index in [0.29, 0.717) is 53.6 Å². The SMILES string of the molecule is COc1c(C(=O)NC2CCN(c3ccnc(C(F)(F)F)c3)CC2)n(C)c2c1c(=O)n(CC(=O)c1ccccc1)c1ccccc21. The first-order valence-corrected chi connectivity index (χ1v) is 14.4. The maximum absolute atomic E-state index is 14.0. The lowest BCUT2D eigenvalue weighted by Crippen LogP contribution is -2.45. The lowest BCUT2D eigenvalue weighted by Gasteiger charge is -2.34. The Bertz CT molecular complexity index is 1980. The zero-order valence-corrected chi connectivity index (χ0v) is 24.6. The number of methoxy groups -OCH3 is 1. The van der Waals surface area contributed by atoms with E-state index >= 15 is 0 Å². The van der Waals surface area contributed by atoms with Crippen LogP contribution in [0.15, 0.2) is 77.7 Å². The van der Waals surface area contributed by atoms with E-state index in [4.69, 9.17) is 4.74 Å². The number of fused-ring (bicyclic) bond motifs is 3. The number of halogens is 3. The van der Waals surface area contributed by atoms with Crippen LogP contribution in [0, 0.1) is 0 Å². The van der Waals surface area contributed by atoms with Crippen molar-refractivity contribution in [1.29, 1.82) is 0 Å². The summed E-state index contributed by atoms with van der Waals surface area (Å²) in [6.45, 7) is 0.673. The van der Waals surface area contributed by atoms with Gasteiger partial charge in [-0.2, -0.15) is 13.2 Å². The number of benzene rings is 2. The van der Waals surface area contributed by atoms with Gasteiger partial charge in [0, 0.05) is 49.0 Å². The van der Waals surface area contributed by atoms with E-state index in [1.807, 2.05) is 23.1 Å². The summed E-state index contributed by atoms with van der Waals surface area (Å²) in [6, 6.07) is 18.2. The molecule has 232 valence electrons. The van der Waals surface area contributed by atoms with E-state index in [2.05, 4.69) is 10.3 Å². The van der Waals surface area contributed by atoms with E-state index in [-0.39, 0.29) is 35.2 Å². The number of para-hydroxylation sites is 1. The van der Waals surface area contributed by atoms with Gasteiger partial charge in [0.15, 0.2) is 17.2 Å². The molecule has 12 heteroatoms. The molecule has 0 atom stereocenters. The Balaban J connectivity index is 1.30. The van der Waals surface area contributed by atoms with Crippen molar-refractivity contribution in [3.8, 4) is 5.75 Å². The number of Topliss-reactive ketones (excluding diaryl/α,β-unsaturated/α-hetero) is 1. The van der Waals surface area contributed by atoms with Gasteiger partial charge < -0.3 is 19.5 Å². The Kier molecular flexibility index (Phi) is 7.81. The zero-order valence-electron chi connectivity index (χ0n) is 24.6. The van der Waals surface area contributed by atoms with E-state index < -0.39 is 23.3 Å². The molecule has 0 unspecified atom stereocenters. The molecular formula is C33H30F3N5O4. The van der Waals surface area contributed by atoms with E-state index in [9.17, 15) is 27.6 Å². The minimum atomic E-state index is -4.54. The van der Waals surface area contributed by atoms with Crippen molar-refractivity contribution in [1.82, 2.24) is 19.4 Å². The van der Waals surface area contributed by atoms with Gasteiger partial charge >= 0.3 is 6.18 Å². The van der Waals surface area contributed by atoms with Crippen molar-refractivity contribution in [2.45, 2.75) is 31.6 Å². The molecule has 1 N–H and O–H groups in total. The molecule has 0 radical (unpaired) electrons. The van der Waals surface area contributed by atoms with Crippen LogP contribution >= 0.6 is 0 Å². The van der Waals surface area contributed by atoms with E-state index in [0.717, 1.165) is 12.3 Å². The topological polar surface area (TPSA) is 98.5 Å². The number of pyridine rings is 2. The molecular weight excluding hydrogens is 587 g/mol. The summed E-state index contributed by atoms with van der Waals surface area (Å²) in [6.07, 6.45) is -2.39. The van der Waals surface area contributed by atoms with Crippen LogP contribution in [0.4, 0.5) is 18.9 Å². The second-order valence-electron chi connectivity index (χ2n) is 11.0. The van der Waals surface area contributed by atoms with Gasteiger partial charge in [-0.25, -0.2) is 0 Å². The number of carbonyl (C=O) groups is 2. The van der Waals surface area contributed by atoms with Gasteiger partial charge in [-0.3, -0.25) is 23.9 Å². The van der Waals surface area contributed by atoms with E-state index in [1.165, 1.54) is 11.7 Å². The molecule has 3 aromatic heterocycles. The van der Waals surface area contributed by atoms with E-state index in [1.54, 1.807) is 54.1 Å². The number of rotatable bonds is 7. The third kappa shape index (κ3) is 5.52. The highest BCUT2D eigenvalue weighted by atomic mass is 19.4. The molecule has 6 rings (SSSR count). The standard InChI is InChI=1S/C33H30F3N5O4/c1-39-28-23-10-6-7-11-24(23)41(19-25(42)20-8-4-3-5-9-20)32(44)27(28)30(45-2)29(39)31(43)38-21-13-16-40(17-14-21)22-12-15-37-26(18-22)33(34,35)36/h3-12,15,18,21H,13-14,16-17,19H2,1-2H3,(H,38,43). The van der Waals surface area contributed by atoms with Crippen LogP contribution in [0.1, 0.15) is 39.4 Å². The maximum atomic E-state index is 14.0. The summed E-state index contributed by atoms with van der Waals surface area (Å²) in [5, 5.41) is 3.90. The number of nitrogens with zero attached hydrogens (tertiary/aromatic N) is 4. The molecule has 1 amide bonds. The van der Waals surface area contributed by atoms with Gasteiger partial charge in [-0.15, -0.1) is 0 Å². The van der Waals surface area contributed by atoms with Crippen molar-refractivity contribution < 1.29 is 27.5 Å². The number of aromatic nitrogens is 3. The van der Waals surface area contributed by atoms with Crippen molar-refractivity contribution in [2.24, 2.45) is 7.05 Å². The highest BCUT2D eigenvalue weighted by molar-refractivity contribution is 6.12. The molecule has 0 aliphatic carbocycles. The number of aryl methyl sites for hydroxylation is 1. The summed E-state index contributed by atoms with van der Waals surface area (Å²) in [5.74, 6) is -0.568. The summed E-state index contributed by atoms with van der Waals surface area (Å²) < 4.78 is 48.2. The molecule has 1 aliphatic rings. The predicted molar refractivity (Wildman–Crippen MR) is 164 cm³/mol. The average molecular weight is 618 g/mol. The normalized spacial score (nSPS) is 14.2. The summed E-state index contributed by atoms with van der Waals surface area (Å²) in [7, 11) is 3.08. The third-order valence-electron chi connectivity index (χ3n) is 8.30. The van der Waals surface area contributed by atoms with Gasteiger partial charge in [0.1, 0.15) is 11.1 Å². The largest absolute Gasteiger partial charge is 0.493 e. The minimum absolute atomic E-state index is 0.107. The first-order chi connectivity index (χ1) is 21.6. The fraction of sp³-hybridized carbons (Fsp3) is 0.273. The Morgan fingerprint density at radius 2 is 1.71 bits per heavy atom. The number of hydrogen-bond donors (Lipinski definition) is 1. The molecule has 1 fully saturated rings. The molecule has 1 aliphatic heterocycles. The Labute approximate surface area is 255 Å². The predicted octanol–water partition coefficient (Wildman–Crippen LogP) is 5.20. The molecule has 4 heterocycles. The monoisotopic (exact) mass is 617 g/mol.